The van der Waals surface area contributed by atoms with Crippen LogP contribution in [0.2, 0.25) is 0 Å². The topological polar surface area (TPSA) is 75.6 Å². The number of hydrogen-bond donors (Lipinski definition) is 2. The molecule has 1 saturated carbocycles. The fraction of sp³-hybridized carbons (Fsp3) is 0.333. The average molecular weight is 353 g/mol. The Morgan fingerprint density at radius 3 is 1.96 bits per heavy atom. The molecule has 2 aromatic carbocycles. The molecule has 5 nitrogen and oxygen atoms in total. The standard InChI is InChI=1S/C21H23NO4/c23-19(22-18-13-7-8-14-18)15-26-20(24)21(25,16-9-3-1-4-10-16)17-11-5-2-6-12-17/h1-6,9-12,18,25H,7-8,13-15H2,(H,22,23). The van der Waals surface area contributed by atoms with Crippen molar-refractivity contribution >= 4 is 11.9 Å². The zero-order valence-corrected chi connectivity index (χ0v) is 14.6. The third-order valence-corrected chi connectivity index (χ3v) is 4.73. The fourth-order valence-electron chi connectivity index (χ4n) is 3.34. The highest BCUT2D eigenvalue weighted by Gasteiger charge is 2.41. The SMILES string of the molecule is O=C(COC(=O)C(O)(c1ccccc1)c1ccccc1)NC1CCCC1. The van der Waals surface area contributed by atoms with Gasteiger partial charge in [0, 0.05) is 6.04 Å². The lowest BCUT2D eigenvalue weighted by molar-refractivity contribution is -0.164. The van der Waals surface area contributed by atoms with E-state index in [0.29, 0.717) is 11.1 Å². The third kappa shape index (κ3) is 3.94. The lowest BCUT2D eigenvalue weighted by Crippen LogP contribution is -2.41. The Morgan fingerprint density at radius 2 is 1.46 bits per heavy atom. The molecule has 3 rings (SSSR count). The summed E-state index contributed by atoms with van der Waals surface area (Å²) in [6, 6.07) is 17.4. The van der Waals surface area contributed by atoms with Crippen LogP contribution in [0.1, 0.15) is 36.8 Å². The molecule has 1 aliphatic carbocycles. The van der Waals surface area contributed by atoms with Crippen molar-refractivity contribution < 1.29 is 19.4 Å². The maximum atomic E-state index is 12.8. The molecule has 1 fully saturated rings. The summed E-state index contributed by atoms with van der Waals surface area (Å²) < 4.78 is 5.19. The Labute approximate surface area is 153 Å². The van der Waals surface area contributed by atoms with Crippen LogP contribution >= 0.6 is 0 Å². The van der Waals surface area contributed by atoms with Gasteiger partial charge >= 0.3 is 5.97 Å². The van der Waals surface area contributed by atoms with Crippen molar-refractivity contribution in [2.75, 3.05) is 6.61 Å². The molecule has 136 valence electrons. The van der Waals surface area contributed by atoms with Gasteiger partial charge in [-0.15, -0.1) is 0 Å². The van der Waals surface area contributed by atoms with Gasteiger partial charge in [0.1, 0.15) is 0 Å². The second kappa shape index (κ2) is 8.15. The van der Waals surface area contributed by atoms with Gasteiger partial charge in [0.25, 0.3) is 5.91 Å². The Bertz CT molecular complexity index is 700. The molecule has 1 amide bonds. The van der Waals surface area contributed by atoms with Crippen LogP contribution in [0.15, 0.2) is 60.7 Å². The van der Waals surface area contributed by atoms with Crippen LogP contribution in [0, 0.1) is 0 Å². The number of hydrogen-bond acceptors (Lipinski definition) is 4. The highest BCUT2D eigenvalue weighted by atomic mass is 16.6. The van der Waals surface area contributed by atoms with Crippen molar-refractivity contribution in [1.82, 2.24) is 5.32 Å². The van der Waals surface area contributed by atoms with Crippen LogP contribution in [0.25, 0.3) is 0 Å². The van der Waals surface area contributed by atoms with Crippen LogP contribution < -0.4 is 5.32 Å². The van der Waals surface area contributed by atoms with Gasteiger partial charge in [-0.05, 0) is 24.0 Å². The van der Waals surface area contributed by atoms with Crippen LogP contribution in [-0.4, -0.2) is 29.6 Å². The molecule has 0 atom stereocenters. The molecule has 0 aliphatic heterocycles. The number of carbonyl (C=O) groups is 2. The van der Waals surface area contributed by atoms with E-state index in [9.17, 15) is 14.7 Å². The van der Waals surface area contributed by atoms with Crippen molar-refractivity contribution in [1.29, 1.82) is 0 Å². The van der Waals surface area contributed by atoms with E-state index in [-0.39, 0.29) is 11.9 Å². The third-order valence-electron chi connectivity index (χ3n) is 4.73. The molecule has 2 N–H and O–H groups in total. The minimum atomic E-state index is -1.96. The first kappa shape index (κ1) is 18.1. The largest absolute Gasteiger partial charge is 0.453 e. The first-order chi connectivity index (χ1) is 12.6. The summed E-state index contributed by atoms with van der Waals surface area (Å²) in [7, 11) is 0. The summed E-state index contributed by atoms with van der Waals surface area (Å²) in [6.07, 6.45) is 4.12. The Morgan fingerprint density at radius 1 is 0.962 bits per heavy atom. The number of benzene rings is 2. The van der Waals surface area contributed by atoms with E-state index in [1.54, 1.807) is 60.7 Å². The molecule has 0 spiro atoms. The van der Waals surface area contributed by atoms with Gasteiger partial charge in [-0.25, -0.2) is 4.79 Å². The molecular formula is C21H23NO4. The molecule has 0 aromatic heterocycles. The summed E-state index contributed by atoms with van der Waals surface area (Å²) in [5.41, 5.74) is -1.17. The summed E-state index contributed by atoms with van der Waals surface area (Å²) in [5.74, 6) is -1.20. The number of amides is 1. The van der Waals surface area contributed by atoms with Crippen molar-refractivity contribution in [3.05, 3.63) is 71.8 Å². The normalized spacial score (nSPS) is 14.8. The summed E-state index contributed by atoms with van der Waals surface area (Å²) in [5, 5.41) is 14.1. The van der Waals surface area contributed by atoms with E-state index >= 15 is 0 Å². The quantitative estimate of drug-likeness (QED) is 0.783. The smallest absolute Gasteiger partial charge is 0.348 e. The van der Waals surface area contributed by atoms with Crippen LogP contribution in [0.5, 0.6) is 0 Å². The second-order valence-corrected chi connectivity index (χ2v) is 6.57. The Hall–Kier alpha value is -2.66. The first-order valence-corrected chi connectivity index (χ1v) is 8.90. The highest BCUT2D eigenvalue weighted by molar-refractivity contribution is 5.88. The molecule has 26 heavy (non-hydrogen) atoms. The van der Waals surface area contributed by atoms with Gasteiger partial charge in [-0.1, -0.05) is 73.5 Å². The van der Waals surface area contributed by atoms with Gasteiger partial charge < -0.3 is 15.2 Å². The summed E-state index contributed by atoms with van der Waals surface area (Å²) >= 11 is 0. The number of nitrogens with one attached hydrogen (secondary N) is 1. The van der Waals surface area contributed by atoms with Crippen molar-refractivity contribution in [3.8, 4) is 0 Å². The lowest BCUT2D eigenvalue weighted by Gasteiger charge is -2.27. The van der Waals surface area contributed by atoms with Crippen LogP contribution in [-0.2, 0) is 19.9 Å². The van der Waals surface area contributed by atoms with Crippen molar-refractivity contribution in [2.24, 2.45) is 0 Å². The van der Waals surface area contributed by atoms with Crippen LogP contribution in [0.4, 0.5) is 0 Å². The maximum absolute atomic E-state index is 12.8. The average Bonchev–Trinajstić information content (AvgIpc) is 3.19. The predicted molar refractivity (Wildman–Crippen MR) is 97.2 cm³/mol. The summed E-state index contributed by atoms with van der Waals surface area (Å²) in [4.78, 5) is 24.8. The molecule has 0 unspecified atom stereocenters. The first-order valence-electron chi connectivity index (χ1n) is 8.90. The van der Waals surface area contributed by atoms with Gasteiger partial charge in [0.15, 0.2) is 6.61 Å². The van der Waals surface area contributed by atoms with Crippen molar-refractivity contribution in [2.45, 2.75) is 37.3 Å². The molecular weight excluding hydrogens is 330 g/mol. The van der Waals surface area contributed by atoms with E-state index < -0.39 is 18.2 Å². The molecule has 0 saturated heterocycles. The fourth-order valence-corrected chi connectivity index (χ4v) is 3.34. The van der Waals surface area contributed by atoms with Gasteiger partial charge in [0.2, 0.25) is 5.60 Å². The minimum absolute atomic E-state index is 0.156. The number of ether oxygens (including phenoxy) is 1. The second-order valence-electron chi connectivity index (χ2n) is 6.57. The van der Waals surface area contributed by atoms with E-state index in [2.05, 4.69) is 5.32 Å². The molecule has 0 bridgehead atoms. The number of esters is 1. The Balaban J connectivity index is 1.74. The molecule has 1 aliphatic rings. The zero-order chi connectivity index (χ0) is 18.4. The summed E-state index contributed by atoms with van der Waals surface area (Å²) in [6.45, 7) is -0.405. The molecule has 0 radical (unpaired) electrons. The highest BCUT2D eigenvalue weighted by Crippen LogP contribution is 2.31. The minimum Gasteiger partial charge on any atom is -0.453 e. The molecule has 5 heteroatoms. The van der Waals surface area contributed by atoms with E-state index in [1.807, 2.05) is 0 Å². The monoisotopic (exact) mass is 353 g/mol. The van der Waals surface area contributed by atoms with Crippen LogP contribution in [0.3, 0.4) is 0 Å². The number of carbonyl (C=O) groups excluding carboxylic acids is 2. The molecule has 0 heterocycles. The molecule has 2 aromatic rings. The maximum Gasteiger partial charge on any atom is 0.348 e. The number of rotatable bonds is 6. The van der Waals surface area contributed by atoms with Gasteiger partial charge in [-0.2, -0.15) is 0 Å². The van der Waals surface area contributed by atoms with E-state index in [1.165, 1.54) is 0 Å². The van der Waals surface area contributed by atoms with Gasteiger partial charge in [-0.3, -0.25) is 4.79 Å². The predicted octanol–water partition coefficient (Wildman–Crippen LogP) is 2.52. The Kier molecular flexibility index (Phi) is 5.68. The number of aliphatic hydroxyl groups is 1. The van der Waals surface area contributed by atoms with Gasteiger partial charge in [0.05, 0.1) is 0 Å². The zero-order valence-electron chi connectivity index (χ0n) is 14.6. The van der Waals surface area contributed by atoms with E-state index in [4.69, 9.17) is 4.74 Å². The van der Waals surface area contributed by atoms with E-state index in [0.717, 1.165) is 25.7 Å². The van der Waals surface area contributed by atoms with Crippen molar-refractivity contribution in [3.63, 3.8) is 0 Å². The lowest BCUT2D eigenvalue weighted by atomic mass is 9.86.